The van der Waals surface area contributed by atoms with Crippen LogP contribution in [0.4, 0.5) is 0 Å². The lowest BCUT2D eigenvalue weighted by Crippen LogP contribution is -1.92. The number of ether oxygens (including phenoxy) is 1. The van der Waals surface area contributed by atoms with Gasteiger partial charge in [0.1, 0.15) is 17.5 Å². The summed E-state index contributed by atoms with van der Waals surface area (Å²) in [5, 5.41) is 14.0. The molecule has 4 nitrogen and oxygen atoms in total. The van der Waals surface area contributed by atoms with Gasteiger partial charge in [-0.1, -0.05) is 0 Å². The SMILES string of the molecule is COc1ccc2c(C#N)n(C)nc2c1. The summed E-state index contributed by atoms with van der Waals surface area (Å²) in [6.07, 6.45) is 0. The Labute approximate surface area is 81.3 Å². The molecule has 0 unspecified atom stereocenters. The number of nitriles is 1. The van der Waals surface area contributed by atoms with Crippen molar-refractivity contribution >= 4 is 10.9 Å². The molecule has 0 aliphatic heterocycles. The van der Waals surface area contributed by atoms with Crippen molar-refractivity contribution in [3.63, 3.8) is 0 Å². The van der Waals surface area contributed by atoms with Gasteiger partial charge >= 0.3 is 0 Å². The van der Waals surface area contributed by atoms with E-state index in [0.29, 0.717) is 5.69 Å². The predicted molar refractivity (Wildman–Crippen MR) is 52.0 cm³/mol. The summed E-state index contributed by atoms with van der Waals surface area (Å²) in [6, 6.07) is 7.60. The lowest BCUT2D eigenvalue weighted by atomic mass is 10.2. The van der Waals surface area contributed by atoms with E-state index in [2.05, 4.69) is 11.2 Å². The summed E-state index contributed by atoms with van der Waals surface area (Å²) in [5.74, 6) is 0.750. The first-order chi connectivity index (χ1) is 6.76. The minimum absolute atomic E-state index is 0.572. The Morgan fingerprint density at radius 3 is 2.93 bits per heavy atom. The maximum absolute atomic E-state index is 8.89. The van der Waals surface area contributed by atoms with Crippen LogP contribution < -0.4 is 4.74 Å². The average Bonchev–Trinajstić information content (AvgIpc) is 2.51. The predicted octanol–water partition coefficient (Wildman–Crippen LogP) is 1.45. The number of aryl methyl sites for hydroxylation is 1. The van der Waals surface area contributed by atoms with Crippen LogP contribution in [0.25, 0.3) is 10.9 Å². The minimum Gasteiger partial charge on any atom is -0.497 e. The maximum Gasteiger partial charge on any atom is 0.146 e. The van der Waals surface area contributed by atoms with Crippen molar-refractivity contribution in [1.29, 1.82) is 5.26 Å². The Morgan fingerprint density at radius 1 is 1.50 bits per heavy atom. The molecule has 2 rings (SSSR count). The Bertz CT molecular complexity index is 522. The average molecular weight is 187 g/mol. The van der Waals surface area contributed by atoms with E-state index in [0.717, 1.165) is 16.7 Å². The van der Waals surface area contributed by atoms with Gasteiger partial charge in [0.15, 0.2) is 0 Å². The van der Waals surface area contributed by atoms with E-state index in [1.165, 1.54) is 0 Å². The fraction of sp³-hybridized carbons (Fsp3) is 0.200. The van der Waals surface area contributed by atoms with Gasteiger partial charge in [0.25, 0.3) is 0 Å². The first kappa shape index (κ1) is 8.57. The molecule has 1 heterocycles. The zero-order valence-electron chi connectivity index (χ0n) is 7.98. The van der Waals surface area contributed by atoms with E-state index >= 15 is 0 Å². The van der Waals surface area contributed by atoms with Crippen molar-refractivity contribution < 1.29 is 4.74 Å². The van der Waals surface area contributed by atoms with Gasteiger partial charge in [-0.05, 0) is 12.1 Å². The van der Waals surface area contributed by atoms with E-state index in [9.17, 15) is 0 Å². The number of nitrogens with zero attached hydrogens (tertiary/aromatic N) is 3. The second kappa shape index (κ2) is 3.04. The van der Waals surface area contributed by atoms with Crippen LogP contribution in [0, 0.1) is 11.3 Å². The van der Waals surface area contributed by atoms with Crippen LogP contribution in [0.15, 0.2) is 18.2 Å². The number of benzene rings is 1. The number of hydrogen-bond donors (Lipinski definition) is 0. The van der Waals surface area contributed by atoms with Crippen molar-refractivity contribution in [2.75, 3.05) is 7.11 Å². The second-order valence-corrected chi connectivity index (χ2v) is 2.97. The van der Waals surface area contributed by atoms with Crippen LogP contribution in [0.3, 0.4) is 0 Å². The number of fused-ring (bicyclic) bond motifs is 1. The van der Waals surface area contributed by atoms with Gasteiger partial charge in [0.05, 0.1) is 12.6 Å². The third kappa shape index (κ3) is 1.11. The Morgan fingerprint density at radius 2 is 2.29 bits per heavy atom. The van der Waals surface area contributed by atoms with Gasteiger partial charge in [0.2, 0.25) is 0 Å². The highest BCUT2D eigenvalue weighted by Gasteiger charge is 2.08. The summed E-state index contributed by atoms with van der Waals surface area (Å²) in [5.41, 5.74) is 1.35. The van der Waals surface area contributed by atoms with Gasteiger partial charge in [-0.25, -0.2) is 0 Å². The van der Waals surface area contributed by atoms with Gasteiger partial charge in [-0.2, -0.15) is 10.4 Å². The molecule has 2 aromatic rings. The molecule has 0 atom stereocenters. The summed E-state index contributed by atoms with van der Waals surface area (Å²) >= 11 is 0. The fourth-order valence-corrected chi connectivity index (χ4v) is 1.44. The summed E-state index contributed by atoms with van der Waals surface area (Å²) < 4.78 is 6.65. The maximum atomic E-state index is 8.89. The largest absolute Gasteiger partial charge is 0.497 e. The van der Waals surface area contributed by atoms with Crippen molar-refractivity contribution in [3.8, 4) is 11.8 Å². The molecule has 1 aromatic heterocycles. The number of hydrogen-bond acceptors (Lipinski definition) is 3. The van der Waals surface area contributed by atoms with Crippen LogP contribution in [0.2, 0.25) is 0 Å². The van der Waals surface area contributed by atoms with E-state index in [4.69, 9.17) is 10.00 Å². The van der Waals surface area contributed by atoms with Crippen LogP contribution in [0.5, 0.6) is 5.75 Å². The molecule has 0 saturated carbocycles. The topological polar surface area (TPSA) is 50.8 Å². The van der Waals surface area contributed by atoms with E-state index in [-0.39, 0.29) is 0 Å². The molecule has 70 valence electrons. The highest BCUT2D eigenvalue weighted by molar-refractivity contribution is 5.85. The lowest BCUT2D eigenvalue weighted by molar-refractivity contribution is 0.415. The first-order valence-electron chi connectivity index (χ1n) is 4.17. The summed E-state index contributed by atoms with van der Waals surface area (Å²) in [7, 11) is 3.36. The highest BCUT2D eigenvalue weighted by atomic mass is 16.5. The van der Waals surface area contributed by atoms with E-state index in [1.807, 2.05) is 18.2 Å². The standard InChI is InChI=1S/C10H9N3O/c1-13-10(6-11)8-4-3-7(14-2)5-9(8)12-13/h3-5H,1-2H3. The quantitative estimate of drug-likeness (QED) is 0.679. The lowest BCUT2D eigenvalue weighted by Gasteiger charge is -1.96. The van der Waals surface area contributed by atoms with Crippen LogP contribution in [-0.4, -0.2) is 16.9 Å². The summed E-state index contributed by atoms with van der Waals surface area (Å²) in [4.78, 5) is 0. The molecule has 1 aromatic carbocycles. The molecule has 0 bridgehead atoms. The Balaban J connectivity index is 2.76. The molecule has 0 radical (unpaired) electrons. The molecule has 4 heteroatoms. The molecule has 0 fully saturated rings. The number of methoxy groups -OCH3 is 1. The molecule has 0 amide bonds. The zero-order valence-corrected chi connectivity index (χ0v) is 7.98. The van der Waals surface area contributed by atoms with Gasteiger partial charge in [-0.15, -0.1) is 0 Å². The normalized spacial score (nSPS) is 10.1. The third-order valence-electron chi connectivity index (χ3n) is 2.15. The molecule has 0 aliphatic carbocycles. The summed E-state index contributed by atoms with van der Waals surface area (Å²) in [6.45, 7) is 0. The van der Waals surface area contributed by atoms with E-state index < -0.39 is 0 Å². The molecule has 0 saturated heterocycles. The smallest absolute Gasteiger partial charge is 0.146 e. The van der Waals surface area contributed by atoms with Crippen LogP contribution in [0.1, 0.15) is 5.69 Å². The molecule has 0 spiro atoms. The Hall–Kier alpha value is -2.02. The first-order valence-corrected chi connectivity index (χ1v) is 4.17. The minimum atomic E-state index is 0.572. The molecular formula is C10H9N3O. The fourth-order valence-electron chi connectivity index (χ4n) is 1.44. The molecule has 14 heavy (non-hydrogen) atoms. The number of rotatable bonds is 1. The van der Waals surface area contributed by atoms with Crippen LogP contribution in [-0.2, 0) is 7.05 Å². The second-order valence-electron chi connectivity index (χ2n) is 2.97. The monoisotopic (exact) mass is 187 g/mol. The van der Waals surface area contributed by atoms with Gasteiger partial charge < -0.3 is 4.74 Å². The Kier molecular flexibility index (Phi) is 1.86. The molecule has 0 aliphatic rings. The van der Waals surface area contributed by atoms with Gasteiger partial charge in [-0.3, -0.25) is 4.68 Å². The third-order valence-corrected chi connectivity index (χ3v) is 2.15. The molecular weight excluding hydrogens is 178 g/mol. The number of aromatic nitrogens is 2. The molecule has 0 N–H and O–H groups in total. The zero-order chi connectivity index (χ0) is 10.1. The highest BCUT2D eigenvalue weighted by Crippen LogP contribution is 2.21. The van der Waals surface area contributed by atoms with E-state index in [1.54, 1.807) is 18.8 Å². The van der Waals surface area contributed by atoms with Crippen molar-refractivity contribution in [2.45, 2.75) is 0 Å². The van der Waals surface area contributed by atoms with Crippen molar-refractivity contribution in [1.82, 2.24) is 9.78 Å². The van der Waals surface area contributed by atoms with Crippen molar-refractivity contribution in [3.05, 3.63) is 23.9 Å². The van der Waals surface area contributed by atoms with Gasteiger partial charge in [0, 0.05) is 18.5 Å². The van der Waals surface area contributed by atoms with Crippen LogP contribution >= 0.6 is 0 Å². The van der Waals surface area contributed by atoms with Crippen molar-refractivity contribution in [2.24, 2.45) is 7.05 Å².